The Bertz CT molecular complexity index is 534. The lowest BCUT2D eigenvalue weighted by Gasteiger charge is -1.83. The van der Waals surface area contributed by atoms with Crippen molar-refractivity contribution in [2.45, 2.75) is 0 Å². The third kappa shape index (κ3) is 0.662. The smallest absolute Gasteiger partial charge is 0.109 e. The van der Waals surface area contributed by atoms with E-state index in [9.17, 15) is 0 Å². The van der Waals surface area contributed by atoms with E-state index in [2.05, 4.69) is 33.0 Å². The first kappa shape index (κ1) is 6.20. The fourth-order valence-electron chi connectivity index (χ4n) is 1.41. The van der Waals surface area contributed by atoms with E-state index in [1.165, 1.54) is 15.6 Å². The summed E-state index contributed by atoms with van der Waals surface area (Å²) in [6, 6.07) is 8.38. The molecule has 0 saturated carbocycles. The first-order valence-corrected chi connectivity index (χ1v) is 4.52. The highest BCUT2D eigenvalue weighted by Gasteiger charge is 2.02. The normalized spacial score (nSPS) is 11.3. The minimum absolute atomic E-state index is 1.20. The predicted molar refractivity (Wildman–Crippen MR) is 50.6 cm³/mol. The molecule has 58 valence electrons. The van der Waals surface area contributed by atoms with E-state index in [-0.39, 0.29) is 0 Å². The molecule has 0 fully saturated rings. The summed E-state index contributed by atoms with van der Waals surface area (Å²) < 4.78 is 3.40. The first-order chi connectivity index (χ1) is 5.95. The summed E-state index contributed by atoms with van der Waals surface area (Å²) in [5.74, 6) is 0. The molecule has 3 rings (SSSR count). The van der Waals surface area contributed by atoms with Gasteiger partial charge in [0.25, 0.3) is 0 Å². The maximum absolute atomic E-state index is 4.08. The molecule has 0 amide bonds. The van der Waals surface area contributed by atoms with Crippen molar-refractivity contribution in [1.29, 1.82) is 0 Å². The number of benzene rings is 1. The van der Waals surface area contributed by atoms with Crippen LogP contribution in [0.3, 0.4) is 0 Å². The summed E-state index contributed by atoms with van der Waals surface area (Å²) in [7, 11) is 0. The lowest BCUT2D eigenvalue weighted by molar-refractivity contribution is 1.28. The fourth-order valence-corrected chi connectivity index (χ4v) is 2.38. The number of fused-ring (bicyclic) bond motifs is 3. The Morgan fingerprint density at radius 2 is 2.17 bits per heavy atom. The van der Waals surface area contributed by atoms with E-state index in [0.29, 0.717) is 0 Å². The Balaban J connectivity index is 2.68. The van der Waals surface area contributed by atoms with Crippen LogP contribution >= 0.6 is 11.5 Å². The van der Waals surface area contributed by atoms with E-state index >= 15 is 0 Å². The van der Waals surface area contributed by atoms with Gasteiger partial charge in [0.1, 0.15) is 6.33 Å². The Morgan fingerprint density at radius 1 is 1.25 bits per heavy atom. The van der Waals surface area contributed by atoms with Gasteiger partial charge in [0.05, 0.1) is 16.4 Å². The molecule has 0 aliphatic rings. The van der Waals surface area contributed by atoms with E-state index in [4.69, 9.17) is 0 Å². The molecule has 0 bridgehead atoms. The number of nitrogens with zero attached hydrogens (tertiary/aromatic N) is 2. The molecule has 2 aromatic heterocycles. The van der Waals surface area contributed by atoms with Gasteiger partial charge in [0.15, 0.2) is 0 Å². The summed E-state index contributed by atoms with van der Waals surface area (Å²) >= 11 is 1.72. The van der Waals surface area contributed by atoms with E-state index in [1.54, 1.807) is 11.5 Å². The van der Waals surface area contributed by atoms with Gasteiger partial charge in [-0.15, -0.1) is 0 Å². The van der Waals surface area contributed by atoms with Gasteiger partial charge in [-0.05, 0) is 6.07 Å². The number of imidazole rings is 1. The molecule has 1 aromatic carbocycles. The predicted octanol–water partition coefficient (Wildman–Crippen LogP) is 2.55. The third-order valence-corrected chi connectivity index (χ3v) is 3.01. The highest BCUT2D eigenvalue weighted by atomic mass is 32.1. The Kier molecular flexibility index (Phi) is 1.07. The van der Waals surface area contributed by atoms with Crippen LogP contribution in [0.2, 0.25) is 0 Å². The highest BCUT2D eigenvalue weighted by Crippen LogP contribution is 2.25. The molecule has 0 spiro atoms. The number of hydrogen-bond acceptors (Lipinski definition) is 2. The Hall–Kier alpha value is -1.35. The van der Waals surface area contributed by atoms with Crippen molar-refractivity contribution < 1.29 is 0 Å². The molecule has 0 atom stereocenters. The van der Waals surface area contributed by atoms with Gasteiger partial charge in [-0.3, -0.25) is 3.79 Å². The van der Waals surface area contributed by atoms with E-state index in [0.717, 1.165) is 0 Å². The second-order valence-electron chi connectivity index (χ2n) is 2.69. The van der Waals surface area contributed by atoms with Crippen LogP contribution in [-0.2, 0) is 0 Å². The molecule has 3 aromatic rings. The monoisotopic (exact) mass is 174 g/mol. The molecule has 0 radical (unpaired) electrons. The van der Waals surface area contributed by atoms with Crippen LogP contribution in [-0.4, -0.2) is 8.77 Å². The van der Waals surface area contributed by atoms with E-state index < -0.39 is 0 Å². The summed E-state index contributed by atoms with van der Waals surface area (Å²) in [6.45, 7) is 0. The molecule has 0 saturated heterocycles. The molecular formula is C9H6N2S. The van der Waals surface area contributed by atoms with Crippen LogP contribution in [0, 0.1) is 0 Å². The topological polar surface area (TPSA) is 17.3 Å². The molecule has 12 heavy (non-hydrogen) atoms. The van der Waals surface area contributed by atoms with E-state index in [1.807, 2.05) is 12.5 Å². The van der Waals surface area contributed by atoms with Crippen LogP contribution in [0.5, 0.6) is 0 Å². The maximum atomic E-state index is 4.08. The van der Waals surface area contributed by atoms with Crippen molar-refractivity contribution in [2.24, 2.45) is 0 Å². The molecule has 2 heterocycles. The summed E-state index contributed by atoms with van der Waals surface area (Å²) in [5.41, 5.74) is 1.20. The molecule has 0 unspecified atom stereocenters. The van der Waals surface area contributed by atoms with Gasteiger partial charge >= 0.3 is 0 Å². The van der Waals surface area contributed by atoms with Gasteiger partial charge in [-0.25, -0.2) is 4.98 Å². The fraction of sp³-hybridized carbons (Fsp3) is 0. The van der Waals surface area contributed by atoms with Crippen molar-refractivity contribution in [3.63, 3.8) is 0 Å². The van der Waals surface area contributed by atoms with Crippen LogP contribution in [0.25, 0.3) is 15.6 Å². The molecule has 2 nitrogen and oxygen atoms in total. The van der Waals surface area contributed by atoms with Gasteiger partial charge in [-0.2, -0.15) is 0 Å². The maximum Gasteiger partial charge on any atom is 0.109 e. The summed E-state index contributed by atoms with van der Waals surface area (Å²) in [4.78, 5) is 4.08. The minimum atomic E-state index is 1.20. The minimum Gasteiger partial charge on any atom is -0.253 e. The first-order valence-electron chi connectivity index (χ1n) is 3.75. The van der Waals surface area contributed by atoms with Crippen molar-refractivity contribution in [1.82, 2.24) is 8.77 Å². The summed E-state index contributed by atoms with van der Waals surface area (Å²) in [5, 5.41) is 1.29. The lowest BCUT2D eigenvalue weighted by atomic mass is 10.2. The molecule has 0 aliphatic heterocycles. The summed E-state index contributed by atoms with van der Waals surface area (Å²) in [6.07, 6.45) is 3.75. The SMILES string of the molecule is c1ccc2c(c1)sn1cncc21. The zero-order valence-electron chi connectivity index (χ0n) is 6.27. The molecule has 0 N–H and O–H groups in total. The zero-order chi connectivity index (χ0) is 7.97. The standard InChI is InChI=1S/C9H6N2S/c1-2-4-9-7(3-1)8-5-10-6-11(8)12-9/h1-6H. The molecule has 3 heteroatoms. The second kappa shape index (κ2) is 2.08. The average molecular weight is 174 g/mol. The van der Waals surface area contributed by atoms with Crippen LogP contribution in [0.1, 0.15) is 0 Å². The van der Waals surface area contributed by atoms with Crippen molar-refractivity contribution >= 4 is 27.1 Å². The quantitative estimate of drug-likeness (QED) is 0.512. The number of rotatable bonds is 0. The highest BCUT2D eigenvalue weighted by molar-refractivity contribution is 7.14. The van der Waals surface area contributed by atoms with Gasteiger partial charge in [0.2, 0.25) is 0 Å². The number of aromatic nitrogens is 2. The van der Waals surface area contributed by atoms with Crippen molar-refractivity contribution in [3.05, 3.63) is 36.8 Å². The van der Waals surface area contributed by atoms with Crippen LogP contribution in [0.4, 0.5) is 0 Å². The van der Waals surface area contributed by atoms with Gasteiger partial charge < -0.3 is 0 Å². The Labute approximate surface area is 73.2 Å². The van der Waals surface area contributed by atoms with Gasteiger partial charge in [-0.1, -0.05) is 29.7 Å². The molecule has 0 aliphatic carbocycles. The average Bonchev–Trinajstić information content (AvgIpc) is 2.62. The van der Waals surface area contributed by atoms with Crippen molar-refractivity contribution in [3.8, 4) is 0 Å². The van der Waals surface area contributed by atoms with Crippen LogP contribution < -0.4 is 0 Å². The number of hydrogen-bond donors (Lipinski definition) is 0. The largest absolute Gasteiger partial charge is 0.253 e. The lowest BCUT2D eigenvalue weighted by Crippen LogP contribution is -1.64. The third-order valence-electron chi connectivity index (χ3n) is 1.97. The zero-order valence-corrected chi connectivity index (χ0v) is 7.08. The van der Waals surface area contributed by atoms with Crippen molar-refractivity contribution in [2.75, 3.05) is 0 Å². The van der Waals surface area contributed by atoms with Gasteiger partial charge in [0, 0.05) is 5.39 Å². The molecular weight excluding hydrogens is 168 g/mol. The van der Waals surface area contributed by atoms with Crippen LogP contribution in [0.15, 0.2) is 36.8 Å². The Morgan fingerprint density at radius 3 is 3.17 bits per heavy atom. The second-order valence-corrected chi connectivity index (χ2v) is 3.71.